The van der Waals surface area contributed by atoms with Crippen LogP contribution in [0.5, 0.6) is 5.75 Å². The van der Waals surface area contributed by atoms with Gasteiger partial charge in [0.25, 0.3) is 0 Å². The molecule has 0 radical (unpaired) electrons. The number of carbonyl (C=O) groups excluding carboxylic acids is 1. The minimum atomic E-state index is -0.119. The molecule has 0 heterocycles. The Morgan fingerprint density at radius 3 is 1.39 bits per heavy atom. The lowest BCUT2D eigenvalue weighted by Gasteiger charge is -2.13. The van der Waals surface area contributed by atoms with Gasteiger partial charge >= 0.3 is 5.97 Å². The Hall–Kier alpha value is -1.99. The van der Waals surface area contributed by atoms with Crippen LogP contribution in [-0.4, -0.2) is 112 Å². The van der Waals surface area contributed by atoms with E-state index >= 15 is 0 Å². The Labute approximate surface area is 246 Å². The van der Waals surface area contributed by atoms with Crippen LogP contribution in [0.1, 0.15) is 39.5 Å². The maximum Gasteiger partial charge on any atom is 0.308 e. The summed E-state index contributed by atoms with van der Waals surface area (Å²) in [6.45, 7) is 11.7. The fraction of sp³-hybridized carbons (Fsp3) is 0.767. The van der Waals surface area contributed by atoms with Gasteiger partial charge < -0.3 is 48.4 Å². The lowest BCUT2D eigenvalue weighted by atomic mass is 10.00. The minimum Gasteiger partial charge on any atom is -0.491 e. The summed E-state index contributed by atoms with van der Waals surface area (Å²) >= 11 is 0. The molecule has 0 bridgehead atoms. The molecule has 0 aliphatic rings. The molecule has 0 aromatic heterocycles. The third-order valence-electron chi connectivity index (χ3n) is 5.81. The number of anilines is 1. The van der Waals surface area contributed by atoms with Gasteiger partial charge in [0.1, 0.15) is 19.0 Å². The molecule has 0 aliphatic carbocycles. The smallest absolute Gasteiger partial charge is 0.308 e. The number of rotatable bonds is 30. The van der Waals surface area contributed by atoms with Gasteiger partial charge in [0.2, 0.25) is 0 Å². The van der Waals surface area contributed by atoms with Crippen LogP contribution in [0.15, 0.2) is 24.3 Å². The van der Waals surface area contributed by atoms with Gasteiger partial charge in [-0.1, -0.05) is 26.7 Å². The van der Waals surface area contributed by atoms with E-state index in [4.69, 9.17) is 48.4 Å². The lowest BCUT2D eigenvalue weighted by Crippen LogP contribution is -2.20. The summed E-state index contributed by atoms with van der Waals surface area (Å²) in [5.74, 6) is 0.651. The van der Waals surface area contributed by atoms with Crippen LogP contribution < -0.4 is 10.5 Å². The quantitative estimate of drug-likeness (QED) is 0.0807. The lowest BCUT2D eigenvalue weighted by molar-refractivity contribution is -0.150. The van der Waals surface area contributed by atoms with Crippen molar-refractivity contribution in [3.8, 4) is 5.75 Å². The molecule has 238 valence electrons. The molecule has 0 aliphatic heterocycles. The Morgan fingerprint density at radius 2 is 1.00 bits per heavy atom. The topological polar surface area (TPSA) is 126 Å². The van der Waals surface area contributed by atoms with Gasteiger partial charge in [-0.15, -0.1) is 0 Å². The van der Waals surface area contributed by atoms with E-state index in [9.17, 15) is 4.79 Å². The third-order valence-corrected chi connectivity index (χ3v) is 5.81. The molecule has 1 atom stereocenters. The zero-order valence-corrected chi connectivity index (χ0v) is 25.2. The molecule has 41 heavy (non-hydrogen) atoms. The number of hydrogen-bond acceptors (Lipinski definition) is 11. The van der Waals surface area contributed by atoms with E-state index in [0.717, 1.165) is 31.4 Å². The van der Waals surface area contributed by atoms with E-state index in [2.05, 4.69) is 6.92 Å². The molecule has 0 saturated carbocycles. The number of esters is 1. The van der Waals surface area contributed by atoms with Crippen molar-refractivity contribution in [1.82, 2.24) is 0 Å². The molecule has 0 amide bonds. The highest BCUT2D eigenvalue weighted by Gasteiger charge is 2.16. The summed E-state index contributed by atoms with van der Waals surface area (Å²) in [7, 11) is 0. The largest absolute Gasteiger partial charge is 0.491 e. The number of hydrogen-bond donors (Lipinski definition) is 1. The van der Waals surface area contributed by atoms with Crippen molar-refractivity contribution in [1.29, 1.82) is 0 Å². The molecule has 0 saturated heterocycles. The second-order valence-electron chi connectivity index (χ2n) is 9.12. The monoisotopic (exact) mass is 587 g/mol. The maximum absolute atomic E-state index is 12.0. The molecule has 0 spiro atoms. The van der Waals surface area contributed by atoms with Crippen molar-refractivity contribution in [2.45, 2.75) is 39.5 Å². The van der Waals surface area contributed by atoms with Gasteiger partial charge in [-0.25, -0.2) is 0 Å². The van der Waals surface area contributed by atoms with E-state index in [1.165, 1.54) is 0 Å². The molecule has 11 nitrogen and oxygen atoms in total. The van der Waals surface area contributed by atoms with Crippen LogP contribution in [0.4, 0.5) is 5.69 Å². The van der Waals surface area contributed by atoms with E-state index in [0.29, 0.717) is 105 Å². The van der Waals surface area contributed by atoms with Gasteiger partial charge in [0, 0.05) is 5.69 Å². The van der Waals surface area contributed by atoms with E-state index in [1.54, 1.807) is 12.1 Å². The van der Waals surface area contributed by atoms with Gasteiger partial charge in [-0.3, -0.25) is 4.79 Å². The van der Waals surface area contributed by atoms with Crippen molar-refractivity contribution < 1.29 is 47.4 Å². The Bertz CT molecular complexity index is 707. The number of benzene rings is 1. The Morgan fingerprint density at radius 1 is 0.610 bits per heavy atom. The van der Waals surface area contributed by atoms with Crippen LogP contribution >= 0.6 is 0 Å². The highest BCUT2D eigenvalue weighted by molar-refractivity contribution is 5.72. The fourth-order valence-electron chi connectivity index (χ4n) is 3.46. The summed E-state index contributed by atoms with van der Waals surface area (Å²) < 4.78 is 49.1. The maximum atomic E-state index is 12.0. The summed E-state index contributed by atoms with van der Waals surface area (Å²) in [6.07, 6.45) is 3.84. The minimum absolute atomic E-state index is 0.00101. The van der Waals surface area contributed by atoms with Crippen molar-refractivity contribution in [2.24, 2.45) is 5.92 Å². The highest BCUT2D eigenvalue weighted by Crippen LogP contribution is 2.14. The number of carbonyl (C=O) groups is 1. The molecule has 11 heteroatoms. The van der Waals surface area contributed by atoms with Gasteiger partial charge in [0.15, 0.2) is 0 Å². The van der Waals surface area contributed by atoms with Crippen molar-refractivity contribution in [3.05, 3.63) is 24.3 Å². The first-order valence-electron chi connectivity index (χ1n) is 14.9. The molecule has 0 fully saturated rings. The second-order valence-corrected chi connectivity index (χ2v) is 9.12. The summed E-state index contributed by atoms with van der Waals surface area (Å²) in [5.41, 5.74) is 6.34. The molecule has 1 aromatic carbocycles. The summed E-state index contributed by atoms with van der Waals surface area (Å²) in [5, 5.41) is 0. The van der Waals surface area contributed by atoms with Crippen LogP contribution in [0, 0.1) is 5.92 Å². The number of nitrogen functional groups attached to an aromatic ring is 1. The third kappa shape index (κ3) is 23.3. The molecular formula is C30H53NO10. The zero-order chi connectivity index (χ0) is 29.6. The van der Waals surface area contributed by atoms with E-state index in [1.807, 2.05) is 19.1 Å². The SMILES string of the molecule is CCCCC(CC)C(=O)OCCOCCOCCOCCOCCOCCOCCOCCOc1ccc(N)cc1. The van der Waals surface area contributed by atoms with Crippen molar-refractivity contribution in [2.75, 3.05) is 111 Å². The standard InChI is InChI=1S/C30H53NO10/c1-3-5-6-27(4-2)30(32)41-26-24-39-22-20-37-18-16-35-14-12-33-11-13-34-15-17-36-19-21-38-23-25-40-29-9-7-28(31)8-10-29/h7-10,27H,3-6,11-26,31H2,1-2H3. The molecular weight excluding hydrogens is 534 g/mol. The van der Waals surface area contributed by atoms with Gasteiger partial charge in [-0.05, 0) is 37.1 Å². The molecule has 1 aromatic rings. The average Bonchev–Trinajstić information content (AvgIpc) is 2.98. The Kier molecular flexibility index (Phi) is 25.4. The van der Waals surface area contributed by atoms with Crippen molar-refractivity contribution in [3.63, 3.8) is 0 Å². The van der Waals surface area contributed by atoms with Crippen LogP contribution in [0.2, 0.25) is 0 Å². The average molecular weight is 588 g/mol. The summed E-state index contributed by atoms with van der Waals surface area (Å²) in [6, 6.07) is 7.26. The van der Waals surface area contributed by atoms with E-state index in [-0.39, 0.29) is 18.5 Å². The molecule has 2 N–H and O–H groups in total. The first-order valence-corrected chi connectivity index (χ1v) is 14.9. The normalized spacial score (nSPS) is 12.0. The number of ether oxygens (including phenoxy) is 9. The number of unbranched alkanes of at least 4 members (excludes halogenated alkanes) is 1. The first-order chi connectivity index (χ1) is 20.2. The Balaban J connectivity index is 1.70. The van der Waals surface area contributed by atoms with E-state index < -0.39 is 0 Å². The predicted molar refractivity (Wildman–Crippen MR) is 156 cm³/mol. The molecule has 1 rings (SSSR count). The van der Waals surface area contributed by atoms with Crippen LogP contribution in [-0.2, 0) is 42.7 Å². The van der Waals surface area contributed by atoms with Crippen LogP contribution in [0.25, 0.3) is 0 Å². The highest BCUT2D eigenvalue weighted by atomic mass is 16.6. The fourth-order valence-corrected chi connectivity index (χ4v) is 3.46. The van der Waals surface area contributed by atoms with Gasteiger partial charge in [0.05, 0.1) is 98.4 Å². The van der Waals surface area contributed by atoms with Gasteiger partial charge in [-0.2, -0.15) is 0 Å². The van der Waals surface area contributed by atoms with Crippen LogP contribution in [0.3, 0.4) is 0 Å². The zero-order valence-electron chi connectivity index (χ0n) is 25.2. The predicted octanol–water partition coefficient (Wildman–Crippen LogP) is 3.52. The molecule has 1 unspecified atom stereocenters. The number of nitrogens with two attached hydrogens (primary N) is 1. The second kappa shape index (κ2) is 28.1. The first kappa shape index (κ1) is 37.0. The summed E-state index contributed by atoms with van der Waals surface area (Å²) in [4.78, 5) is 12.0. The van der Waals surface area contributed by atoms with Crippen molar-refractivity contribution >= 4 is 11.7 Å².